The molecule has 1 aromatic rings. The van der Waals surface area contributed by atoms with Crippen LogP contribution in [0.3, 0.4) is 0 Å². The number of carbonyl (C=O) groups is 1. The molecule has 0 saturated carbocycles. The van der Waals surface area contributed by atoms with Gasteiger partial charge in [0.15, 0.2) is 0 Å². The molecule has 0 bridgehead atoms. The van der Waals surface area contributed by atoms with Gasteiger partial charge in [-0.05, 0) is 37.3 Å². The van der Waals surface area contributed by atoms with Gasteiger partial charge in [-0.2, -0.15) is 5.26 Å². The number of nitriles is 1. The molecule has 3 heteroatoms. The molecule has 0 N–H and O–H groups in total. The van der Waals surface area contributed by atoms with E-state index in [0.717, 1.165) is 37.1 Å². The summed E-state index contributed by atoms with van der Waals surface area (Å²) in [6.07, 6.45) is 5.04. The predicted molar refractivity (Wildman–Crippen MR) is 79.0 cm³/mol. The van der Waals surface area contributed by atoms with E-state index < -0.39 is 5.92 Å². The molecule has 0 aliphatic carbocycles. The van der Waals surface area contributed by atoms with Gasteiger partial charge < -0.3 is 4.90 Å². The molecule has 1 aromatic carbocycles. The summed E-state index contributed by atoms with van der Waals surface area (Å²) in [5, 5.41) is 9.35. The Bertz CT molecular complexity index is 496. The van der Waals surface area contributed by atoms with Crippen LogP contribution in [-0.2, 0) is 11.2 Å². The third kappa shape index (κ3) is 3.60. The molecule has 20 heavy (non-hydrogen) atoms. The molecule has 1 aliphatic rings. The monoisotopic (exact) mass is 270 g/mol. The fourth-order valence-electron chi connectivity index (χ4n) is 2.76. The van der Waals surface area contributed by atoms with Gasteiger partial charge >= 0.3 is 0 Å². The number of likely N-dealkylation sites (tertiary alicyclic amines) is 1. The average molecular weight is 270 g/mol. The van der Waals surface area contributed by atoms with E-state index in [4.69, 9.17) is 0 Å². The molecular weight excluding hydrogens is 248 g/mol. The number of carbonyl (C=O) groups excluding carboxylic acids is 1. The number of hydrogen-bond donors (Lipinski definition) is 0. The summed E-state index contributed by atoms with van der Waals surface area (Å²) in [4.78, 5) is 14.4. The highest BCUT2D eigenvalue weighted by Crippen LogP contribution is 2.17. The van der Waals surface area contributed by atoms with E-state index in [-0.39, 0.29) is 5.91 Å². The van der Waals surface area contributed by atoms with Crippen molar-refractivity contribution in [3.05, 3.63) is 35.4 Å². The summed E-state index contributed by atoms with van der Waals surface area (Å²) in [7, 11) is 0. The van der Waals surface area contributed by atoms with Gasteiger partial charge in [0.05, 0.1) is 6.07 Å². The van der Waals surface area contributed by atoms with E-state index in [9.17, 15) is 10.1 Å². The average Bonchev–Trinajstić information content (AvgIpc) is 2.75. The van der Waals surface area contributed by atoms with Crippen molar-refractivity contribution in [2.24, 2.45) is 5.92 Å². The number of amides is 1. The molecule has 106 valence electrons. The third-order valence-electron chi connectivity index (χ3n) is 4.06. The standard InChI is InChI=1S/C17H22N2O/c1-14-8-4-5-9-15(14)12-16(13-18)17(20)19-10-6-2-3-7-11-19/h4-5,8-9,16H,2-3,6-7,10-12H2,1H3. The fraction of sp³-hybridized carbons (Fsp3) is 0.529. The summed E-state index contributed by atoms with van der Waals surface area (Å²) in [6, 6.07) is 10.2. The fourth-order valence-corrected chi connectivity index (χ4v) is 2.76. The molecule has 0 aromatic heterocycles. The van der Waals surface area contributed by atoms with Crippen LogP contribution in [0.2, 0.25) is 0 Å². The minimum absolute atomic E-state index is 0.0117. The molecule has 1 amide bonds. The van der Waals surface area contributed by atoms with Crippen molar-refractivity contribution in [1.29, 1.82) is 5.26 Å². The second-order valence-corrected chi connectivity index (χ2v) is 5.55. The Balaban J connectivity index is 2.06. The van der Waals surface area contributed by atoms with E-state index in [1.165, 1.54) is 12.8 Å². The third-order valence-corrected chi connectivity index (χ3v) is 4.06. The van der Waals surface area contributed by atoms with Crippen molar-refractivity contribution in [3.63, 3.8) is 0 Å². The Hall–Kier alpha value is -1.82. The maximum atomic E-state index is 12.5. The molecule has 1 fully saturated rings. The lowest BCUT2D eigenvalue weighted by Gasteiger charge is -2.23. The van der Waals surface area contributed by atoms with Crippen LogP contribution in [-0.4, -0.2) is 23.9 Å². The first kappa shape index (κ1) is 14.6. The summed E-state index contributed by atoms with van der Waals surface area (Å²) >= 11 is 0. The minimum Gasteiger partial charge on any atom is -0.342 e. The van der Waals surface area contributed by atoms with Crippen LogP contribution in [0.5, 0.6) is 0 Å². The van der Waals surface area contributed by atoms with Gasteiger partial charge in [0.1, 0.15) is 5.92 Å². The minimum atomic E-state index is -0.547. The lowest BCUT2D eigenvalue weighted by molar-refractivity contribution is -0.133. The van der Waals surface area contributed by atoms with E-state index >= 15 is 0 Å². The summed E-state index contributed by atoms with van der Waals surface area (Å²) in [6.45, 7) is 3.65. The molecule has 1 heterocycles. The normalized spacial score (nSPS) is 17.1. The first-order valence-electron chi connectivity index (χ1n) is 7.45. The maximum absolute atomic E-state index is 12.5. The Kier molecular flexibility index (Phi) is 5.17. The van der Waals surface area contributed by atoms with Crippen molar-refractivity contribution >= 4 is 5.91 Å². The zero-order valence-corrected chi connectivity index (χ0v) is 12.1. The largest absolute Gasteiger partial charge is 0.342 e. The van der Waals surface area contributed by atoms with Gasteiger partial charge in [-0.1, -0.05) is 37.1 Å². The number of aryl methyl sites for hydroxylation is 1. The molecule has 1 atom stereocenters. The molecule has 2 rings (SSSR count). The molecule has 0 spiro atoms. The smallest absolute Gasteiger partial charge is 0.240 e. The molecule has 3 nitrogen and oxygen atoms in total. The van der Waals surface area contributed by atoms with Crippen LogP contribution < -0.4 is 0 Å². The predicted octanol–water partition coefficient (Wildman–Crippen LogP) is 3.08. The number of benzene rings is 1. The van der Waals surface area contributed by atoms with E-state index in [2.05, 4.69) is 6.07 Å². The Morgan fingerprint density at radius 2 is 1.90 bits per heavy atom. The molecule has 1 saturated heterocycles. The summed E-state index contributed by atoms with van der Waals surface area (Å²) in [5.74, 6) is -0.535. The van der Waals surface area contributed by atoms with Crippen LogP contribution >= 0.6 is 0 Å². The maximum Gasteiger partial charge on any atom is 0.240 e. The number of rotatable bonds is 3. The SMILES string of the molecule is Cc1ccccc1CC(C#N)C(=O)N1CCCCCC1. The van der Waals surface area contributed by atoms with Gasteiger partial charge in [-0.25, -0.2) is 0 Å². The highest BCUT2D eigenvalue weighted by Gasteiger charge is 2.25. The van der Waals surface area contributed by atoms with Crippen LogP contribution in [0.1, 0.15) is 36.8 Å². The molecule has 1 unspecified atom stereocenters. The first-order chi connectivity index (χ1) is 9.72. The second-order valence-electron chi connectivity index (χ2n) is 5.55. The first-order valence-corrected chi connectivity index (χ1v) is 7.45. The Morgan fingerprint density at radius 3 is 2.50 bits per heavy atom. The van der Waals surface area contributed by atoms with E-state index in [0.29, 0.717) is 6.42 Å². The lowest BCUT2D eigenvalue weighted by Crippen LogP contribution is -2.37. The van der Waals surface area contributed by atoms with Crippen LogP contribution in [0.25, 0.3) is 0 Å². The Labute approximate surface area is 121 Å². The van der Waals surface area contributed by atoms with Gasteiger partial charge in [0, 0.05) is 13.1 Å². The zero-order valence-electron chi connectivity index (χ0n) is 12.1. The van der Waals surface area contributed by atoms with E-state index in [1.54, 1.807) is 0 Å². The number of hydrogen-bond acceptors (Lipinski definition) is 2. The second kappa shape index (κ2) is 7.09. The van der Waals surface area contributed by atoms with Crippen LogP contribution in [0.4, 0.5) is 0 Å². The summed E-state index contributed by atoms with van der Waals surface area (Å²) in [5.41, 5.74) is 2.25. The summed E-state index contributed by atoms with van der Waals surface area (Å²) < 4.78 is 0. The zero-order chi connectivity index (χ0) is 14.4. The highest BCUT2D eigenvalue weighted by atomic mass is 16.2. The van der Waals surface area contributed by atoms with Gasteiger partial charge in [0.2, 0.25) is 5.91 Å². The van der Waals surface area contributed by atoms with Crippen molar-refractivity contribution < 1.29 is 4.79 Å². The van der Waals surface area contributed by atoms with Gasteiger partial charge in [-0.3, -0.25) is 4.79 Å². The van der Waals surface area contributed by atoms with Crippen molar-refractivity contribution in [2.45, 2.75) is 39.0 Å². The quantitative estimate of drug-likeness (QED) is 0.847. The van der Waals surface area contributed by atoms with Crippen molar-refractivity contribution in [3.8, 4) is 6.07 Å². The van der Waals surface area contributed by atoms with Crippen molar-refractivity contribution in [1.82, 2.24) is 4.90 Å². The highest BCUT2D eigenvalue weighted by molar-refractivity contribution is 5.81. The van der Waals surface area contributed by atoms with Crippen LogP contribution in [0, 0.1) is 24.2 Å². The van der Waals surface area contributed by atoms with Crippen molar-refractivity contribution in [2.75, 3.05) is 13.1 Å². The van der Waals surface area contributed by atoms with Gasteiger partial charge in [-0.15, -0.1) is 0 Å². The Morgan fingerprint density at radius 1 is 1.25 bits per heavy atom. The molecular formula is C17H22N2O. The molecule has 1 aliphatic heterocycles. The lowest BCUT2D eigenvalue weighted by atomic mass is 9.96. The van der Waals surface area contributed by atoms with E-state index in [1.807, 2.05) is 36.1 Å². The number of nitrogens with zero attached hydrogens (tertiary/aromatic N) is 2. The topological polar surface area (TPSA) is 44.1 Å². The van der Waals surface area contributed by atoms with Gasteiger partial charge in [0.25, 0.3) is 0 Å². The molecule has 0 radical (unpaired) electrons. The van der Waals surface area contributed by atoms with Crippen LogP contribution in [0.15, 0.2) is 24.3 Å².